The number of hydrogen-bond donors (Lipinski definition) is 3. The molecule has 9 heteroatoms. The van der Waals surface area contributed by atoms with Crippen molar-refractivity contribution in [3.63, 3.8) is 0 Å². The predicted molar refractivity (Wildman–Crippen MR) is 123 cm³/mol. The van der Waals surface area contributed by atoms with E-state index in [9.17, 15) is 9.90 Å². The molecule has 31 heavy (non-hydrogen) atoms. The maximum absolute atomic E-state index is 12.7. The Hall–Kier alpha value is -3.49. The van der Waals surface area contributed by atoms with Crippen molar-refractivity contribution < 1.29 is 9.90 Å². The zero-order valence-corrected chi connectivity index (χ0v) is 18.3. The Morgan fingerprint density at radius 3 is 2.61 bits per heavy atom. The first-order valence-electron chi connectivity index (χ1n) is 9.33. The molecule has 0 aliphatic heterocycles. The summed E-state index contributed by atoms with van der Waals surface area (Å²) in [4.78, 5) is 26.1. The first-order valence-corrected chi connectivity index (χ1v) is 10.5. The number of rotatable bonds is 5. The molecule has 0 spiro atoms. The molecule has 7 nitrogen and oxygen atoms in total. The van der Waals surface area contributed by atoms with E-state index in [0.29, 0.717) is 32.2 Å². The van der Waals surface area contributed by atoms with Crippen LogP contribution in [0, 0.1) is 13.8 Å². The third-order valence-electron chi connectivity index (χ3n) is 4.63. The number of carbonyl (C=O) groups excluding carboxylic acids is 1. The fourth-order valence-electron chi connectivity index (χ4n) is 2.94. The molecular formula is C22H18ClN5O2S. The number of amides is 1. The molecule has 0 fully saturated rings. The lowest BCUT2D eigenvalue weighted by Crippen LogP contribution is -2.12. The number of nitrogens with zero attached hydrogens (tertiary/aromatic N) is 3. The molecule has 0 atom stereocenters. The van der Waals surface area contributed by atoms with E-state index in [4.69, 9.17) is 11.6 Å². The molecule has 2 aromatic carbocycles. The first-order chi connectivity index (χ1) is 14.9. The zero-order valence-electron chi connectivity index (χ0n) is 16.7. The van der Waals surface area contributed by atoms with Crippen molar-refractivity contribution in [3.05, 3.63) is 75.9 Å². The molecule has 0 unspecified atom stereocenters. The number of nitrogens with one attached hydrogen (secondary N) is 2. The maximum Gasteiger partial charge on any atom is 0.267 e. The number of carbonyl (C=O) groups is 1. The molecule has 0 aliphatic rings. The standard InChI is InChI=1S/C22H18ClN5O2S/c1-12-3-8-17(29)13(2)19(12)27-20(30)18-11-25-22(31-18)28-21-24-10-9-16(26-21)14-4-6-15(23)7-5-14/h3-11,29H,1-2H3,(H,27,30)(H,24,25,26,28). The minimum absolute atomic E-state index is 0.130. The summed E-state index contributed by atoms with van der Waals surface area (Å²) in [6.07, 6.45) is 3.13. The fourth-order valence-corrected chi connectivity index (χ4v) is 3.77. The first kappa shape index (κ1) is 20.8. The van der Waals surface area contributed by atoms with E-state index in [0.717, 1.165) is 16.8 Å². The normalized spacial score (nSPS) is 10.7. The van der Waals surface area contributed by atoms with Crippen molar-refractivity contribution in [2.45, 2.75) is 13.8 Å². The molecule has 2 heterocycles. The van der Waals surface area contributed by atoms with Gasteiger partial charge in [0.1, 0.15) is 10.6 Å². The van der Waals surface area contributed by atoms with E-state index < -0.39 is 0 Å². The SMILES string of the molecule is Cc1ccc(O)c(C)c1NC(=O)c1cnc(Nc2nccc(-c3ccc(Cl)cc3)n2)s1. The molecule has 156 valence electrons. The minimum Gasteiger partial charge on any atom is -0.508 e. The van der Waals surface area contributed by atoms with Gasteiger partial charge in [0.05, 0.1) is 17.6 Å². The number of anilines is 3. The average molecular weight is 452 g/mol. The Kier molecular flexibility index (Phi) is 5.83. The number of phenols is 1. The van der Waals surface area contributed by atoms with E-state index >= 15 is 0 Å². The highest BCUT2D eigenvalue weighted by Crippen LogP contribution is 2.29. The predicted octanol–water partition coefficient (Wildman–Crippen LogP) is 5.57. The second-order valence-corrected chi connectivity index (χ2v) is 8.25. The van der Waals surface area contributed by atoms with Crippen LogP contribution in [0.4, 0.5) is 16.8 Å². The van der Waals surface area contributed by atoms with Crippen molar-refractivity contribution in [1.82, 2.24) is 15.0 Å². The van der Waals surface area contributed by atoms with Gasteiger partial charge in [-0.15, -0.1) is 0 Å². The van der Waals surface area contributed by atoms with Crippen molar-refractivity contribution in [1.29, 1.82) is 0 Å². The van der Waals surface area contributed by atoms with Crippen LogP contribution in [0.25, 0.3) is 11.3 Å². The van der Waals surface area contributed by atoms with E-state index in [1.807, 2.05) is 19.1 Å². The van der Waals surface area contributed by atoms with Gasteiger partial charge in [-0.2, -0.15) is 0 Å². The van der Waals surface area contributed by atoms with Gasteiger partial charge >= 0.3 is 0 Å². The van der Waals surface area contributed by atoms with Crippen LogP contribution in [0.3, 0.4) is 0 Å². The van der Waals surface area contributed by atoms with Gasteiger partial charge in [0.2, 0.25) is 5.95 Å². The van der Waals surface area contributed by atoms with Gasteiger partial charge in [0.25, 0.3) is 5.91 Å². The summed E-state index contributed by atoms with van der Waals surface area (Å²) in [7, 11) is 0. The summed E-state index contributed by atoms with van der Waals surface area (Å²) in [5.74, 6) is 0.192. The average Bonchev–Trinajstić information content (AvgIpc) is 3.23. The number of halogens is 1. The van der Waals surface area contributed by atoms with E-state index in [1.165, 1.54) is 17.5 Å². The number of phenolic OH excluding ortho intramolecular Hbond substituents is 1. The molecule has 0 radical (unpaired) electrons. The van der Waals surface area contributed by atoms with Gasteiger partial charge in [-0.05, 0) is 43.7 Å². The van der Waals surface area contributed by atoms with E-state index in [1.54, 1.807) is 43.5 Å². The topological polar surface area (TPSA) is 100 Å². The summed E-state index contributed by atoms with van der Waals surface area (Å²) < 4.78 is 0. The van der Waals surface area contributed by atoms with Gasteiger partial charge in [-0.3, -0.25) is 4.79 Å². The van der Waals surface area contributed by atoms with Crippen LogP contribution in [0.5, 0.6) is 5.75 Å². The second-order valence-electron chi connectivity index (χ2n) is 6.78. The Morgan fingerprint density at radius 1 is 1.06 bits per heavy atom. The van der Waals surface area contributed by atoms with Crippen LogP contribution in [0.1, 0.15) is 20.8 Å². The van der Waals surface area contributed by atoms with Gasteiger partial charge in [-0.1, -0.05) is 41.1 Å². The Morgan fingerprint density at radius 2 is 1.84 bits per heavy atom. The van der Waals surface area contributed by atoms with Gasteiger partial charge in [0, 0.05) is 22.3 Å². The Balaban J connectivity index is 1.50. The Labute approximate surface area is 187 Å². The van der Waals surface area contributed by atoms with E-state index in [-0.39, 0.29) is 11.7 Å². The third-order valence-corrected chi connectivity index (χ3v) is 5.79. The smallest absolute Gasteiger partial charge is 0.267 e. The lowest BCUT2D eigenvalue weighted by atomic mass is 10.1. The maximum atomic E-state index is 12.7. The van der Waals surface area contributed by atoms with Crippen LogP contribution >= 0.6 is 22.9 Å². The van der Waals surface area contributed by atoms with Crippen molar-refractivity contribution in [3.8, 4) is 17.0 Å². The van der Waals surface area contributed by atoms with Crippen LogP contribution in [0.15, 0.2) is 54.9 Å². The monoisotopic (exact) mass is 451 g/mol. The lowest BCUT2D eigenvalue weighted by Gasteiger charge is -2.11. The summed E-state index contributed by atoms with van der Waals surface area (Å²) in [5, 5.41) is 16.9. The molecule has 0 aliphatic carbocycles. The molecule has 0 saturated carbocycles. The summed E-state index contributed by atoms with van der Waals surface area (Å²) >= 11 is 7.12. The molecule has 0 saturated heterocycles. The number of benzene rings is 2. The Bertz CT molecular complexity index is 1260. The molecule has 4 aromatic rings. The fraction of sp³-hybridized carbons (Fsp3) is 0.0909. The third kappa shape index (κ3) is 4.65. The number of aryl methyl sites for hydroxylation is 1. The number of hydrogen-bond acceptors (Lipinski definition) is 7. The lowest BCUT2D eigenvalue weighted by molar-refractivity contribution is 0.103. The minimum atomic E-state index is -0.307. The van der Waals surface area contributed by atoms with Gasteiger partial charge in [-0.25, -0.2) is 15.0 Å². The quantitative estimate of drug-likeness (QED) is 0.366. The van der Waals surface area contributed by atoms with Crippen molar-refractivity contribution in [2.75, 3.05) is 10.6 Å². The van der Waals surface area contributed by atoms with Crippen LogP contribution in [0.2, 0.25) is 5.02 Å². The largest absolute Gasteiger partial charge is 0.508 e. The number of aromatic hydroxyl groups is 1. The summed E-state index contributed by atoms with van der Waals surface area (Å²) in [6.45, 7) is 3.62. The van der Waals surface area contributed by atoms with Crippen LogP contribution in [-0.2, 0) is 0 Å². The highest BCUT2D eigenvalue weighted by atomic mass is 35.5. The number of aromatic nitrogens is 3. The van der Waals surface area contributed by atoms with Gasteiger partial charge in [0.15, 0.2) is 5.13 Å². The molecule has 0 bridgehead atoms. The molecule has 1 amide bonds. The summed E-state index contributed by atoms with van der Waals surface area (Å²) in [5.41, 5.74) is 3.71. The zero-order chi connectivity index (χ0) is 22.0. The highest BCUT2D eigenvalue weighted by Gasteiger charge is 2.15. The van der Waals surface area contributed by atoms with Crippen LogP contribution in [-0.4, -0.2) is 26.0 Å². The van der Waals surface area contributed by atoms with E-state index in [2.05, 4.69) is 25.6 Å². The number of thiazole rings is 1. The molecule has 4 rings (SSSR count). The van der Waals surface area contributed by atoms with Crippen molar-refractivity contribution in [2.24, 2.45) is 0 Å². The molecule has 2 aromatic heterocycles. The second kappa shape index (κ2) is 8.71. The van der Waals surface area contributed by atoms with Crippen LogP contribution < -0.4 is 10.6 Å². The van der Waals surface area contributed by atoms with Gasteiger partial charge < -0.3 is 15.7 Å². The molecule has 3 N–H and O–H groups in total. The molecular weight excluding hydrogens is 434 g/mol. The van der Waals surface area contributed by atoms with Crippen molar-refractivity contribution >= 4 is 45.6 Å². The summed E-state index contributed by atoms with van der Waals surface area (Å²) in [6, 6.07) is 12.5. The highest BCUT2D eigenvalue weighted by molar-refractivity contribution is 7.17.